The lowest BCUT2D eigenvalue weighted by molar-refractivity contribution is -0.123. The Labute approximate surface area is 92.6 Å². The van der Waals surface area contributed by atoms with Crippen molar-refractivity contribution in [1.29, 1.82) is 0 Å². The molecule has 0 radical (unpaired) electrons. The molecule has 1 aromatic heterocycles. The molecule has 6 heteroatoms. The Bertz CT molecular complexity index is 290. The second-order valence-electron chi connectivity index (χ2n) is 3.08. The van der Waals surface area contributed by atoms with Crippen molar-refractivity contribution in [3.63, 3.8) is 0 Å². The highest BCUT2D eigenvalue weighted by Gasteiger charge is 2.11. The van der Waals surface area contributed by atoms with Gasteiger partial charge in [0.05, 0.1) is 17.8 Å². The van der Waals surface area contributed by atoms with Gasteiger partial charge in [-0.3, -0.25) is 4.79 Å². The molecule has 1 rings (SSSR count). The Morgan fingerprint density at radius 2 is 2.60 bits per heavy atom. The monoisotopic (exact) mass is 229 g/mol. The van der Waals surface area contributed by atoms with Crippen molar-refractivity contribution >= 4 is 17.2 Å². The molecule has 0 spiro atoms. The van der Waals surface area contributed by atoms with Crippen LogP contribution in [-0.4, -0.2) is 37.2 Å². The second kappa shape index (κ2) is 6.49. The highest BCUT2D eigenvalue weighted by molar-refractivity contribution is 7.07. The predicted molar refractivity (Wildman–Crippen MR) is 58.7 cm³/mol. The molecule has 15 heavy (non-hydrogen) atoms. The van der Waals surface area contributed by atoms with Gasteiger partial charge < -0.3 is 15.8 Å². The lowest BCUT2D eigenvalue weighted by Crippen LogP contribution is -2.44. The average molecular weight is 229 g/mol. The molecule has 1 unspecified atom stereocenters. The molecule has 0 aliphatic carbocycles. The van der Waals surface area contributed by atoms with Crippen LogP contribution in [0.25, 0.3) is 0 Å². The fraction of sp³-hybridized carbons (Fsp3) is 0.556. The minimum atomic E-state index is -0.592. The zero-order valence-corrected chi connectivity index (χ0v) is 9.42. The first-order valence-corrected chi connectivity index (χ1v) is 5.57. The van der Waals surface area contributed by atoms with Crippen molar-refractivity contribution in [1.82, 2.24) is 10.3 Å². The second-order valence-corrected chi connectivity index (χ2v) is 3.80. The normalized spacial score (nSPS) is 12.4. The number of methoxy groups -OCH3 is 1. The van der Waals surface area contributed by atoms with E-state index in [-0.39, 0.29) is 12.5 Å². The number of amides is 1. The Balaban J connectivity index is 2.17. The predicted octanol–water partition coefficient (Wildman–Crippen LogP) is -0.224. The Hall–Kier alpha value is -0.980. The maximum Gasteiger partial charge on any atom is 0.239 e. The summed E-state index contributed by atoms with van der Waals surface area (Å²) in [5.74, 6) is -0.188. The SMILES string of the molecule is COCC(N)C(=O)NCCc1cscn1. The number of carbonyl (C=O) groups excluding carboxylic acids is 1. The molecule has 0 bridgehead atoms. The van der Waals surface area contributed by atoms with Gasteiger partial charge in [0.25, 0.3) is 0 Å². The fourth-order valence-corrected chi connectivity index (χ4v) is 1.65. The maximum absolute atomic E-state index is 11.3. The molecule has 0 aromatic carbocycles. The van der Waals surface area contributed by atoms with E-state index in [1.54, 1.807) is 16.8 Å². The molecule has 0 saturated carbocycles. The lowest BCUT2D eigenvalue weighted by Gasteiger charge is -2.10. The largest absolute Gasteiger partial charge is 0.383 e. The molecule has 1 aromatic rings. The van der Waals surface area contributed by atoms with Crippen LogP contribution in [0.15, 0.2) is 10.9 Å². The van der Waals surface area contributed by atoms with E-state index in [0.29, 0.717) is 6.54 Å². The number of carbonyl (C=O) groups is 1. The summed E-state index contributed by atoms with van der Waals surface area (Å²) in [5, 5.41) is 4.69. The van der Waals surface area contributed by atoms with Crippen molar-refractivity contribution in [2.45, 2.75) is 12.5 Å². The van der Waals surface area contributed by atoms with E-state index in [1.807, 2.05) is 5.38 Å². The molecular formula is C9H15N3O2S. The van der Waals surface area contributed by atoms with E-state index in [0.717, 1.165) is 12.1 Å². The number of nitrogens with two attached hydrogens (primary N) is 1. The number of rotatable bonds is 6. The summed E-state index contributed by atoms with van der Waals surface area (Å²) in [6, 6.07) is -0.592. The van der Waals surface area contributed by atoms with Crippen LogP contribution in [0.2, 0.25) is 0 Å². The fourth-order valence-electron chi connectivity index (χ4n) is 1.06. The molecule has 1 heterocycles. The summed E-state index contributed by atoms with van der Waals surface area (Å²) in [7, 11) is 1.52. The molecule has 84 valence electrons. The highest BCUT2D eigenvalue weighted by atomic mass is 32.1. The van der Waals surface area contributed by atoms with Gasteiger partial charge in [-0.15, -0.1) is 11.3 Å². The Morgan fingerprint density at radius 1 is 1.80 bits per heavy atom. The quantitative estimate of drug-likeness (QED) is 0.706. The molecule has 0 saturated heterocycles. The molecular weight excluding hydrogens is 214 g/mol. The van der Waals surface area contributed by atoms with Crippen LogP contribution in [0, 0.1) is 0 Å². The van der Waals surface area contributed by atoms with Crippen LogP contribution in [0.5, 0.6) is 0 Å². The number of nitrogens with zero attached hydrogens (tertiary/aromatic N) is 1. The van der Waals surface area contributed by atoms with Gasteiger partial charge in [0.15, 0.2) is 0 Å². The van der Waals surface area contributed by atoms with E-state index in [4.69, 9.17) is 10.5 Å². The van der Waals surface area contributed by atoms with Crippen LogP contribution in [0.3, 0.4) is 0 Å². The van der Waals surface area contributed by atoms with E-state index in [1.165, 1.54) is 7.11 Å². The number of aromatic nitrogens is 1. The lowest BCUT2D eigenvalue weighted by atomic mass is 10.3. The van der Waals surface area contributed by atoms with E-state index in [2.05, 4.69) is 10.3 Å². The summed E-state index contributed by atoms with van der Waals surface area (Å²) in [6.45, 7) is 0.794. The standard InChI is InChI=1S/C9H15N3O2S/c1-14-4-8(10)9(13)11-3-2-7-5-15-6-12-7/h5-6,8H,2-4,10H2,1H3,(H,11,13). The average Bonchev–Trinajstić information content (AvgIpc) is 2.71. The zero-order chi connectivity index (χ0) is 11.1. The van der Waals surface area contributed by atoms with Gasteiger partial charge in [-0.05, 0) is 0 Å². The van der Waals surface area contributed by atoms with Crippen molar-refractivity contribution in [3.05, 3.63) is 16.6 Å². The van der Waals surface area contributed by atoms with Gasteiger partial charge in [0.1, 0.15) is 6.04 Å². The van der Waals surface area contributed by atoms with Crippen LogP contribution in [0.4, 0.5) is 0 Å². The summed E-state index contributed by atoms with van der Waals surface area (Å²) >= 11 is 1.54. The van der Waals surface area contributed by atoms with Crippen LogP contribution in [-0.2, 0) is 16.0 Å². The highest BCUT2D eigenvalue weighted by Crippen LogP contribution is 2.00. The molecule has 3 N–H and O–H groups in total. The molecule has 0 aliphatic rings. The Morgan fingerprint density at radius 3 is 3.20 bits per heavy atom. The number of hydrogen-bond donors (Lipinski definition) is 2. The molecule has 5 nitrogen and oxygen atoms in total. The third-order valence-electron chi connectivity index (χ3n) is 1.85. The molecule has 1 amide bonds. The first-order chi connectivity index (χ1) is 7.24. The van der Waals surface area contributed by atoms with Crippen LogP contribution in [0.1, 0.15) is 5.69 Å². The first-order valence-electron chi connectivity index (χ1n) is 4.63. The van der Waals surface area contributed by atoms with Gasteiger partial charge in [0.2, 0.25) is 5.91 Å². The zero-order valence-electron chi connectivity index (χ0n) is 8.60. The third kappa shape index (κ3) is 4.37. The van der Waals surface area contributed by atoms with Gasteiger partial charge in [-0.2, -0.15) is 0 Å². The summed E-state index contributed by atoms with van der Waals surface area (Å²) < 4.78 is 4.78. The summed E-state index contributed by atoms with van der Waals surface area (Å²) in [5.41, 5.74) is 8.29. The van der Waals surface area contributed by atoms with Crippen molar-refractivity contribution in [2.75, 3.05) is 20.3 Å². The number of hydrogen-bond acceptors (Lipinski definition) is 5. The minimum Gasteiger partial charge on any atom is -0.383 e. The van der Waals surface area contributed by atoms with E-state index < -0.39 is 6.04 Å². The Kier molecular flexibility index (Phi) is 5.23. The molecule has 0 aliphatic heterocycles. The van der Waals surface area contributed by atoms with E-state index >= 15 is 0 Å². The van der Waals surface area contributed by atoms with Crippen molar-refractivity contribution < 1.29 is 9.53 Å². The number of nitrogens with one attached hydrogen (secondary N) is 1. The molecule has 0 fully saturated rings. The topological polar surface area (TPSA) is 77.2 Å². The van der Waals surface area contributed by atoms with Gasteiger partial charge in [-0.1, -0.05) is 0 Å². The van der Waals surface area contributed by atoms with E-state index in [9.17, 15) is 4.79 Å². The minimum absolute atomic E-state index is 0.188. The first kappa shape index (κ1) is 12.1. The van der Waals surface area contributed by atoms with Crippen molar-refractivity contribution in [2.24, 2.45) is 5.73 Å². The van der Waals surface area contributed by atoms with Crippen LogP contribution < -0.4 is 11.1 Å². The summed E-state index contributed by atoms with van der Waals surface area (Å²) in [6.07, 6.45) is 0.731. The number of thiazole rings is 1. The third-order valence-corrected chi connectivity index (χ3v) is 2.48. The summed E-state index contributed by atoms with van der Waals surface area (Å²) in [4.78, 5) is 15.4. The maximum atomic E-state index is 11.3. The number of ether oxygens (including phenoxy) is 1. The van der Waals surface area contributed by atoms with Gasteiger partial charge in [0, 0.05) is 25.5 Å². The molecule has 1 atom stereocenters. The van der Waals surface area contributed by atoms with Gasteiger partial charge >= 0.3 is 0 Å². The van der Waals surface area contributed by atoms with Gasteiger partial charge in [-0.25, -0.2) is 4.98 Å². The van der Waals surface area contributed by atoms with Crippen molar-refractivity contribution in [3.8, 4) is 0 Å². The smallest absolute Gasteiger partial charge is 0.239 e. The van der Waals surface area contributed by atoms with Crippen LogP contribution >= 0.6 is 11.3 Å².